The fraction of sp³-hybridized carbons (Fsp3) is 0.818. The molecule has 0 aliphatic carbocycles. The highest BCUT2D eigenvalue weighted by molar-refractivity contribution is 5.86. The summed E-state index contributed by atoms with van der Waals surface area (Å²) in [6.45, 7) is 16.3. The molecule has 5 heteroatoms. The van der Waals surface area contributed by atoms with Crippen LogP contribution in [0.4, 0.5) is 0 Å². The van der Waals surface area contributed by atoms with Crippen LogP contribution in [0.3, 0.4) is 0 Å². The zero-order valence-corrected chi connectivity index (χ0v) is 18.1. The maximum Gasteiger partial charge on any atom is 0.248 e. The molecule has 1 amide bonds. The largest absolute Gasteiger partial charge is 0.385 e. The maximum atomic E-state index is 12.0. The van der Waals surface area contributed by atoms with Crippen LogP contribution in [0.5, 0.6) is 0 Å². The Bertz CT molecular complexity index is 489. The van der Waals surface area contributed by atoms with E-state index in [9.17, 15) is 4.79 Å². The van der Waals surface area contributed by atoms with Gasteiger partial charge in [-0.15, -0.1) is 0 Å². The molecule has 2 heterocycles. The monoisotopic (exact) mass is 381 g/mol. The summed E-state index contributed by atoms with van der Waals surface area (Å²) < 4.78 is 16.3. The van der Waals surface area contributed by atoms with E-state index in [4.69, 9.17) is 14.2 Å². The fourth-order valence-electron chi connectivity index (χ4n) is 3.16. The van der Waals surface area contributed by atoms with E-state index in [0.717, 1.165) is 38.9 Å². The van der Waals surface area contributed by atoms with Gasteiger partial charge in [-0.3, -0.25) is 4.79 Å². The van der Waals surface area contributed by atoms with Gasteiger partial charge in [0.25, 0.3) is 0 Å². The van der Waals surface area contributed by atoms with Crippen LogP contribution in [0, 0.1) is 11.3 Å². The highest BCUT2D eigenvalue weighted by Gasteiger charge is 2.29. The molecule has 0 spiro atoms. The summed E-state index contributed by atoms with van der Waals surface area (Å²) >= 11 is 0. The predicted molar refractivity (Wildman–Crippen MR) is 110 cm³/mol. The molecule has 0 aromatic heterocycles. The third-order valence-corrected chi connectivity index (χ3v) is 5.23. The van der Waals surface area contributed by atoms with Gasteiger partial charge in [0, 0.05) is 25.8 Å². The smallest absolute Gasteiger partial charge is 0.248 e. The van der Waals surface area contributed by atoms with Gasteiger partial charge in [-0.2, -0.15) is 0 Å². The molecule has 0 aromatic rings. The summed E-state index contributed by atoms with van der Waals surface area (Å²) in [5.41, 5.74) is 1.40. The van der Waals surface area contributed by atoms with Gasteiger partial charge < -0.3 is 14.2 Å². The predicted octanol–water partition coefficient (Wildman–Crippen LogP) is 4.59. The van der Waals surface area contributed by atoms with E-state index in [1.165, 1.54) is 5.57 Å². The zero-order valence-electron chi connectivity index (χ0n) is 18.1. The lowest BCUT2D eigenvalue weighted by molar-refractivity contribution is -0.123. The van der Waals surface area contributed by atoms with E-state index in [0.29, 0.717) is 12.3 Å². The third-order valence-electron chi connectivity index (χ3n) is 5.23. The minimum atomic E-state index is -0.131. The van der Waals surface area contributed by atoms with Crippen LogP contribution in [0.25, 0.3) is 0 Å². The molecule has 2 aliphatic heterocycles. The number of aliphatic imine (C=N–C) groups is 1. The van der Waals surface area contributed by atoms with E-state index in [2.05, 4.69) is 39.3 Å². The van der Waals surface area contributed by atoms with Gasteiger partial charge in [-0.25, -0.2) is 4.99 Å². The number of hydrogen-bond donors (Lipinski definition) is 0. The number of hydrogen-bond acceptors (Lipinski definition) is 4. The van der Waals surface area contributed by atoms with Crippen molar-refractivity contribution in [3.05, 3.63) is 12.2 Å². The normalized spacial score (nSPS) is 30.7. The van der Waals surface area contributed by atoms with Crippen molar-refractivity contribution in [2.24, 2.45) is 16.3 Å². The Morgan fingerprint density at radius 2 is 2.11 bits per heavy atom. The quantitative estimate of drug-likeness (QED) is 0.516. The second-order valence-corrected chi connectivity index (χ2v) is 8.54. The van der Waals surface area contributed by atoms with Crippen LogP contribution >= 0.6 is 0 Å². The molecule has 4 atom stereocenters. The van der Waals surface area contributed by atoms with Gasteiger partial charge in [0.15, 0.2) is 0 Å². The van der Waals surface area contributed by atoms with E-state index >= 15 is 0 Å². The molecule has 27 heavy (non-hydrogen) atoms. The van der Waals surface area contributed by atoms with Gasteiger partial charge in [-0.05, 0) is 38.0 Å². The first-order valence-electron chi connectivity index (χ1n) is 10.2. The van der Waals surface area contributed by atoms with Gasteiger partial charge in [0.2, 0.25) is 5.91 Å². The Morgan fingerprint density at radius 3 is 2.59 bits per heavy atom. The number of ether oxygens (including phenoxy) is 3. The first kappa shape index (κ1) is 24.0. The lowest BCUT2D eigenvalue weighted by Gasteiger charge is -2.34. The molecule has 4 unspecified atom stereocenters. The van der Waals surface area contributed by atoms with E-state index < -0.39 is 0 Å². The van der Waals surface area contributed by atoms with Crippen molar-refractivity contribution >= 4 is 12.1 Å². The third kappa shape index (κ3) is 9.13. The standard InChI is InChI=1S/C18H29NO3.C4H10O/c1-12-8-16(22-14(3)13(12)2)9-17(20)19-10-15-6-7-18(4,5)11-21-15;1-3-4-5-2/h10,13-16H,1,6-9,11H2,2-5H3;3-4H2,1-2H3. The Morgan fingerprint density at radius 1 is 1.41 bits per heavy atom. The SMILES string of the molecule is C=C1CC(CC(=O)N=CC2CCC(C)(C)CO2)OC(C)C1C.CCCOC. The van der Waals surface area contributed by atoms with Crippen LogP contribution in [0.15, 0.2) is 17.1 Å². The topological polar surface area (TPSA) is 57.1 Å². The van der Waals surface area contributed by atoms with Gasteiger partial charge in [0.1, 0.15) is 0 Å². The van der Waals surface area contributed by atoms with E-state index in [-0.39, 0.29) is 29.6 Å². The molecule has 2 saturated heterocycles. The van der Waals surface area contributed by atoms with Crippen LogP contribution < -0.4 is 0 Å². The summed E-state index contributed by atoms with van der Waals surface area (Å²) in [7, 11) is 1.71. The molecule has 0 radical (unpaired) electrons. The maximum absolute atomic E-state index is 12.0. The van der Waals surface area contributed by atoms with Crippen molar-refractivity contribution < 1.29 is 19.0 Å². The fourth-order valence-corrected chi connectivity index (χ4v) is 3.16. The molecule has 2 rings (SSSR count). The van der Waals surface area contributed by atoms with Crippen molar-refractivity contribution in [2.45, 2.75) is 85.0 Å². The number of carbonyl (C=O) groups excluding carboxylic acids is 1. The summed E-state index contributed by atoms with van der Waals surface area (Å²) in [6.07, 6.45) is 5.89. The summed E-state index contributed by atoms with van der Waals surface area (Å²) in [4.78, 5) is 16.1. The number of nitrogens with zero attached hydrogens (tertiary/aromatic N) is 1. The van der Waals surface area contributed by atoms with Crippen LogP contribution in [0.1, 0.15) is 66.7 Å². The minimum Gasteiger partial charge on any atom is -0.385 e. The Kier molecular flexibility index (Phi) is 10.4. The van der Waals surface area contributed by atoms with E-state index in [1.54, 1.807) is 13.3 Å². The highest BCUT2D eigenvalue weighted by atomic mass is 16.5. The summed E-state index contributed by atoms with van der Waals surface area (Å²) in [5, 5.41) is 0. The summed E-state index contributed by atoms with van der Waals surface area (Å²) in [6, 6.07) is 0. The first-order valence-corrected chi connectivity index (χ1v) is 10.2. The lowest BCUT2D eigenvalue weighted by Crippen LogP contribution is -2.34. The van der Waals surface area contributed by atoms with Crippen molar-refractivity contribution in [3.63, 3.8) is 0 Å². The molecular weight excluding hydrogens is 342 g/mol. The lowest BCUT2D eigenvalue weighted by atomic mass is 9.85. The van der Waals surface area contributed by atoms with Crippen molar-refractivity contribution in [3.8, 4) is 0 Å². The Balaban J connectivity index is 0.000000646. The molecule has 2 fully saturated rings. The molecule has 2 aliphatic rings. The second kappa shape index (κ2) is 11.7. The Labute approximate surface area is 165 Å². The molecule has 0 N–H and O–H groups in total. The van der Waals surface area contributed by atoms with Crippen LogP contribution in [-0.4, -0.2) is 50.8 Å². The van der Waals surface area contributed by atoms with Crippen molar-refractivity contribution in [2.75, 3.05) is 20.3 Å². The molecule has 0 bridgehead atoms. The molecule has 156 valence electrons. The summed E-state index contributed by atoms with van der Waals surface area (Å²) in [5.74, 6) is 0.224. The average Bonchev–Trinajstić information content (AvgIpc) is 2.60. The van der Waals surface area contributed by atoms with Gasteiger partial charge >= 0.3 is 0 Å². The van der Waals surface area contributed by atoms with Crippen LogP contribution in [0.2, 0.25) is 0 Å². The first-order chi connectivity index (χ1) is 12.7. The van der Waals surface area contributed by atoms with Gasteiger partial charge in [0.05, 0.1) is 31.3 Å². The molecular formula is C22H39NO4. The van der Waals surface area contributed by atoms with Crippen molar-refractivity contribution in [1.82, 2.24) is 0 Å². The molecule has 0 saturated carbocycles. The van der Waals surface area contributed by atoms with Crippen LogP contribution in [-0.2, 0) is 19.0 Å². The van der Waals surface area contributed by atoms with Crippen molar-refractivity contribution in [1.29, 1.82) is 0 Å². The number of methoxy groups -OCH3 is 1. The Hall–Kier alpha value is -1.04. The average molecular weight is 382 g/mol. The number of carbonyl (C=O) groups is 1. The minimum absolute atomic E-state index is 0.0295. The van der Waals surface area contributed by atoms with Gasteiger partial charge in [-0.1, -0.05) is 39.8 Å². The molecule has 5 nitrogen and oxygen atoms in total. The second-order valence-electron chi connectivity index (χ2n) is 8.54. The number of amides is 1. The number of rotatable bonds is 5. The van der Waals surface area contributed by atoms with E-state index in [1.807, 2.05) is 6.92 Å². The highest BCUT2D eigenvalue weighted by Crippen LogP contribution is 2.30. The molecule has 0 aromatic carbocycles. The zero-order chi connectivity index (χ0) is 20.4.